The number of allylic oxidation sites excluding steroid dienone is 2. The van der Waals surface area contributed by atoms with Crippen molar-refractivity contribution in [2.24, 2.45) is 11.8 Å². The molecule has 0 aromatic carbocycles. The van der Waals surface area contributed by atoms with Gasteiger partial charge in [0.15, 0.2) is 0 Å². The maximum absolute atomic E-state index is 2.67. The minimum absolute atomic E-state index is 0.960. The summed E-state index contributed by atoms with van der Waals surface area (Å²) in [4.78, 5) is 2.67. The standard InChI is InChI=1S/C12H19N/c1-2-6-13(7-3-1)12-9-10-4-5-11(12)8-10/h9-11H,1-8H2. The van der Waals surface area contributed by atoms with Crippen LogP contribution in [0.1, 0.15) is 38.5 Å². The van der Waals surface area contributed by atoms with E-state index in [9.17, 15) is 0 Å². The lowest BCUT2D eigenvalue weighted by molar-refractivity contribution is 0.258. The SMILES string of the molecule is C1=C(N2CCCCC2)C2CCC1C2. The normalized spacial score (nSPS) is 38.2. The highest BCUT2D eigenvalue weighted by molar-refractivity contribution is 5.18. The van der Waals surface area contributed by atoms with Crippen molar-refractivity contribution in [2.75, 3.05) is 13.1 Å². The van der Waals surface area contributed by atoms with E-state index in [-0.39, 0.29) is 0 Å². The van der Waals surface area contributed by atoms with Crippen LogP contribution in [0.2, 0.25) is 0 Å². The van der Waals surface area contributed by atoms with E-state index in [0.29, 0.717) is 0 Å². The van der Waals surface area contributed by atoms with Crippen molar-refractivity contribution in [3.8, 4) is 0 Å². The Kier molecular flexibility index (Phi) is 1.85. The Morgan fingerprint density at radius 2 is 1.92 bits per heavy atom. The Morgan fingerprint density at radius 1 is 1.08 bits per heavy atom. The Morgan fingerprint density at radius 3 is 2.54 bits per heavy atom. The lowest BCUT2D eigenvalue weighted by Crippen LogP contribution is -2.31. The van der Waals surface area contributed by atoms with Crippen molar-refractivity contribution in [1.29, 1.82) is 0 Å². The molecule has 2 aliphatic carbocycles. The zero-order valence-electron chi connectivity index (χ0n) is 8.34. The smallest absolute Gasteiger partial charge is 0.0175 e. The third kappa shape index (κ3) is 1.29. The maximum Gasteiger partial charge on any atom is 0.0175 e. The Balaban J connectivity index is 1.74. The highest BCUT2D eigenvalue weighted by Gasteiger charge is 2.35. The Labute approximate surface area is 80.8 Å². The molecule has 1 heterocycles. The molecule has 72 valence electrons. The molecule has 3 rings (SSSR count). The fraction of sp³-hybridized carbons (Fsp3) is 0.833. The van der Waals surface area contributed by atoms with E-state index in [1.54, 1.807) is 5.70 Å². The number of fused-ring (bicyclic) bond motifs is 2. The average Bonchev–Trinajstić information content (AvgIpc) is 2.80. The van der Waals surface area contributed by atoms with E-state index in [1.165, 1.54) is 51.6 Å². The van der Waals surface area contributed by atoms with E-state index in [1.807, 2.05) is 0 Å². The van der Waals surface area contributed by atoms with E-state index < -0.39 is 0 Å². The lowest BCUT2D eigenvalue weighted by Gasteiger charge is -2.33. The highest BCUT2D eigenvalue weighted by atomic mass is 15.1. The first-order valence-corrected chi connectivity index (χ1v) is 5.90. The molecule has 1 saturated carbocycles. The van der Waals surface area contributed by atoms with E-state index in [2.05, 4.69) is 11.0 Å². The number of hydrogen-bond donors (Lipinski definition) is 0. The van der Waals surface area contributed by atoms with Gasteiger partial charge < -0.3 is 4.90 Å². The molecule has 2 bridgehead atoms. The summed E-state index contributed by atoms with van der Waals surface area (Å²) in [5.74, 6) is 1.92. The molecule has 0 aromatic rings. The van der Waals surface area contributed by atoms with Gasteiger partial charge in [0.05, 0.1) is 0 Å². The second-order valence-electron chi connectivity index (χ2n) is 4.91. The van der Waals surface area contributed by atoms with Gasteiger partial charge in [-0.15, -0.1) is 0 Å². The fourth-order valence-electron chi connectivity index (χ4n) is 3.33. The molecule has 0 spiro atoms. The molecule has 1 heteroatoms. The van der Waals surface area contributed by atoms with Crippen LogP contribution in [0.5, 0.6) is 0 Å². The number of likely N-dealkylation sites (tertiary alicyclic amines) is 1. The number of hydrogen-bond acceptors (Lipinski definition) is 1. The Hall–Kier alpha value is -0.460. The van der Waals surface area contributed by atoms with Crippen molar-refractivity contribution < 1.29 is 0 Å². The van der Waals surface area contributed by atoms with Gasteiger partial charge in [0.2, 0.25) is 0 Å². The molecule has 2 fully saturated rings. The second-order valence-corrected chi connectivity index (χ2v) is 4.91. The molecule has 3 aliphatic rings. The first-order valence-electron chi connectivity index (χ1n) is 5.90. The number of rotatable bonds is 1. The van der Waals surface area contributed by atoms with Crippen LogP contribution in [0, 0.1) is 11.8 Å². The summed E-state index contributed by atoms with van der Waals surface area (Å²) in [6.45, 7) is 2.68. The summed E-state index contributed by atoms with van der Waals surface area (Å²) in [5, 5.41) is 0. The first-order chi connectivity index (χ1) is 6.43. The van der Waals surface area contributed by atoms with Gasteiger partial charge in [-0.05, 0) is 50.4 Å². The minimum atomic E-state index is 0.960. The van der Waals surface area contributed by atoms with Crippen LogP contribution in [-0.2, 0) is 0 Å². The molecule has 2 atom stereocenters. The van der Waals surface area contributed by atoms with Gasteiger partial charge >= 0.3 is 0 Å². The molecule has 0 N–H and O–H groups in total. The minimum Gasteiger partial charge on any atom is -0.375 e. The largest absolute Gasteiger partial charge is 0.375 e. The third-order valence-electron chi connectivity index (χ3n) is 4.02. The van der Waals surface area contributed by atoms with Gasteiger partial charge in [-0.2, -0.15) is 0 Å². The molecule has 0 aromatic heterocycles. The van der Waals surface area contributed by atoms with E-state index in [4.69, 9.17) is 0 Å². The van der Waals surface area contributed by atoms with Gasteiger partial charge in [0, 0.05) is 18.8 Å². The molecule has 1 nitrogen and oxygen atoms in total. The highest BCUT2D eigenvalue weighted by Crippen LogP contribution is 2.45. The zero-order chi connectivity index (χ0) is 8.67. The van der Waals surface area contributed by atoms with Gasteiger partial charge in [-0.25, -0.2) is 0 Å². The third-order valence-corrected chi connectivity index (χ3v) is 4.02. The van der Waals surface area contributed by atoms with Gasteiger partial charge in [-0.1, -0.05) is 6.08 Å². The van der Waals surface area contributed by atoms with Crippen LogP contribution in [0.4, 0.5) is 0 Å². The van der Waals surface area contributed by atoms with Crippen molar-refractivity contribution in [2.45, 2.75) is 38.5 Å². The molecule has 0 radical (unpaired) electrons. The van der Waals surface area contributed by atoms with Crippen LogP contribution >= 0.6 is 0 Å². The molecule has 1 saturated heterocycles. The zero-order valence-corrected chi connectivity index (χ0v) is 8.34. The molecule has 2 unspecified atom stereocenters. The summed E-state index contributed by atoms with van der Waals surface area (Å²) in [7, 11) is 0. The van der Waals surface area contributed by atoms with Crippen LogP contribution < -0.4 is 0 Å². The molecule has 1 aliphatic heterocycles. The molecular formula is C12H19N. The summed E-state index contributed by atoms with van der Waals surface area (Å²) in [5.41, 5.74) is 1.73. The molecule has 0 amide bonds. The van der Waals surface area contributed by atoms with Crippen molar-refractivity contribution >= 4 is 0 Å². The van der Waals surface area contributed by atoms with Gasteiger partial charge in [0.25, 0.3) is 0 Å². The van der Waals surface area contributed by atoms with Crippen LogP contribution in [-0.4, -0.2) is 18.0 Å². The number of piperidine rings is 1. The van der Waals surface area contributed by atoms with Crippen LogP contribution in [0.3, 0.4) is 0 Å². The van der Waals surface area contributed by atoms with Crippen LogP contribution in [0.15, 0.2) is 11.8 Å². The van der Waals surface area contributed by atoms with Crippen LogP contribution in [0.25, 0.3) is 0 Å². The lowest BCUT2D eigenvalue weighted by atomic mass is 10.0. The van der Waals surface area contributed by atoms with E-state index >= 15 is 0 Å². The predicted octanol–water partition coefficient (Wildman–Crippen LogP) is 2.79. The average molecular weight is 177 g/mol. The quantitative estimate of drug-likeness (QED) is 0.595. The maximum atomic E-state index is 2.67. The fourth-order valence-corrected chi connectivity index (χ4v) is 3.33. The van der Waals surface area contributed by atoms with Gasteiger partial charge in [-0.3, -0.25) is 0 Å². The topological polar surface area (TPSA) is 3.24 Å². The number of nitrogens with zero attached hydrogens (tertiary/aromatic N) is 1. The molecule has 13 heavy (non-hydrogen) atoms. The molecular weight excluding hydrogens is 158 g/mol. The summed E-state index contributed by atoms with van der Waals surface area (Å²) >= 11 is 0. The summed E-state index contributed by atoms with van der Waals surface area (Å²) in [6, 6.07) is 0. The van der Waals surface area contributed by atoms with Crippen molar-refractivity contribution in [3.05, 3.63) is 11.8 Å². The second kappa shape index (κ2) is 3.04. The van der Waals surface area contributed by atoms with E-state index in [0.717, 1.165) is 11.8 Å². The van der Waals surface area contributed by atoms with Crippen molar-refractivity contribution in [3.63, 3.8) is 0 Å². The van der Waals surface area contributed by atoms with Gasteiger partial charge in [0.1, 0.15) is 0 Å². The van der Waals surface area contributed by atoms with Crippen molar-refractivity contribution in [1.82, 2.24) is 4.90 Å². The first kappa shape index (κ1) is 7.90. The monoisotopic (exact) mass is 177 g/mol. The summed E-state index contributed by atoms with van der Waals surface area (Å²) in [6.07, 6.45) is 11.3. The summed E-state index contributed by atoms with van der Waals surface area (Å²) < 4.78 is 0. The Bertz CT molecular complexity index is 225. The predicted molar refractivity (Wildman–Crippen MR) is 54.3 cm³/mol.